The Bertz CT molecular complexity index is 969. The Morgan fingerprint density at radius 3 is 2.63 bits per heavy atom. The number of hydrogen-bond donors (Lipinski definition) is 1. The maximum absolute atomic E-state index is 11.2. The lowest BCUT2D eigenvalue weighted by atomic mass is 9.83. The lowest BCUT2D eigenvalue weighted by Crippen LogP contribution is -2.30. The predicted molar refractivity (Wildman–Crippen MR) is 118 cm³/mol. The van der Waals surface area contributed by atoms with Gasteiger partial charge in [0.05, 0.1) is 23.7 Å². The van der Waals surface area contributed by atoms with Crippen LogP contribution >= 0.6 is 0 Å². The molecule has 1 saturated heterocycles. The van der Waals surface area contributed by atoms with Crippen LogP contribution in [0.3, 0.4) is 0 Å². The van der Waals surface area contributed by atoms with Crippen molar-refractivity contribution in [2.24, 2.45) is 5.92 Å². The van der Waals surface area contributed by atoms with Gasteiger partial charge in [0.25, 0.3) is 0 Å². The van der Waals surface area contributed by atoms with Crippen LogP contribution in [0.5, 0.6) is 5.75 Å². The third-order valence-electron chi connectivity index (χ3n) is 5.54. The van der Waals surface area contributed by atoms with E-state index in [4.69, 9.17) is 14.2 Å². The minimum absolute atomic E-state index is 0.0149. The highest BCUT2D eigenvalue weighted by Crippen LogP contribution is 2.43. The summed E-state index contributed by atoms with van der Waals surface area (Å²) >= 11 is -1.83. The highest BCUT2D eigenvalue weighted by atomic mass is 32.2. The molecule has 4 rings (SSSR count). The molecule has 1 N–H and O–H groups in total. The first-order chi connectivity index (χ1) is 14.5. The predicted octanol–water partition coefficient (Wildman–Crippen LogP) is 4.59. The van der Waals surface area contributed by atoms with Crippen molar-refractivity contribution < 1.29 is 23.0 Å². The Hall–Kier alpha value is -2.41. The van der Waals surface area contributed by atoms with Gasteiger partial charge >= 0.3 is 0 Å². The Kier molecular flexibility index (Phi) is 6.37. The molecule has 0 saturated carbocycles. The lowest BCUT2D eigenvalue weighted by molar-refractivity contribution is 0.0199. The molecule has 6 heteroatoms. The SMILES string of the molecule is CC12CC(OCCOc3cccc(-c4ccccc4)c3)=CC=C1C(CS(=O)O)CO2. The fourth-order valence-corrected chi connectivity index (χ4v) is 4.69. The maximum atomic E-state index is 11.2. The quantitative estimate of drug-likeness (QED) is 0.494. The van der Waals surface area contributed by atoms with Crippen LogP contribution in [0.2, 0.25) is 0 Å². The normalized spacial score (nSPS) is 23.9. The van der Waals surface area contributed by atoms with E-state index in [1.54, 1.807) is 0 Å². The van der Waals surface area contributed by atoms with Gasteiger partial charge in [-0.2, -0.15) is 0 Å². The molecule has 1 aliphatic carbocycles. The van der Waals surface area contributed by atoms with Crippen molar-refractivity contribution in [3.8, 4) is 16.9 Å². The zero-order valence-electron chi connectivity index (χ0n) is 17.0. The van der Waals surface area contributed by atoms with Gasteiger partial charge in [0.1, 0.15) is 19.0 Å². The first-order valence-electron chi connectivity index (χ1n) is 10.1. The fraction of sp³-hybridized carbons (Fsp3) is 0.333. The molecule has 2 aliphatic rings. The minimum Gasteiger partial charge on any atom is -0.494 e. The maximum Gasteiger partial charge on any atom is 0.153 e. The summed E-state index contributed by atoms with van der Waals surface area (Å²) < 4.78 is 38.1. The first-order valence-corrected chi connectivity index (χ1v) is 11.3. The van der Waals surface area contributed by atoms with Crippen LogP contribution in [0.15, 0.2) is 78.1 Å². The zero-order valence-corrected chi connectivity index (χ0v) is 17.8. The van der Waals surface area contributed by atoms with Gasteiger partial charge in [0.15, 0.2) is 11.1 Å². The summed E-state index contributed by atoms with van der Waals surface area (Å²) in [4.78, 5) is 0. The number of ether oxygens (including phenoxy) is 3. The van der Waals surface area contributed by atoms with Gasteiger partial charge in [0.2, 0.25) is 0 Å². The first kappa shape index (κ1) is 20.8. The van der Waals surface area contributed by atoms with Crippen LogP contribution < -0.4 is 4.74 Å². The van der Waals surface area contributed by atoms with Crippen molar-refractivity contribution in [1.29, 1.82) is 0 Å². The zero-order chi connectivity index (χ0) is 21.0. The van der Waals surface area contributed by atoms with Crippen molar-refractivity contribution in [2.75, 3.05) is 25.6 Å². The summed E-state index contributed by atoms with van der Waals surface area (Å²) in [5, 5.41) is 0. The molecule has 1 heterocycles. The molecule has 158 valence electrons. The van der Waals surface area contributed by atoms with E-state index >= 15 is 0 Å². The number of benzene rings is 2. The molecule has 5 nitrogen and oxygen atoms in total. The second kappa shape index (κ2) is 9.16. The molecule has 3 atom stereocenters. The van der Waals surface area contributed by atoms with Crippen molar-refractivity contribution in [1.82, 2.24) is 0 Å². The summed E-state index contributed by atoms with van der Waals surface area (Å²) in [6, 6.07) is 18.2. The third-order valence-corrected chi connectivity index (χ3v) is 6.23. The van der Waals surface area contributed by atoms with Crippen LogP contribution in [-0.2, 0) is 20.6 Å². The molecular weight excluding hydrogens is 400 g/mol. The molecule has 30 heavy (non-hydrogen) atoms. The van der Waals surface area contributed by atoms with E-state index in [9.17, 15) is 8.76 Å². The monoisotopic (exact) mass is 426 g/mol. The smallest absolute Gasteiger partial charge is 0.153 e. The topological polar surface area (TPSA) is 65.0 Å². The van der Waals surface area contributed by atoms with Crippen molar-refractivity contribution >= 4 is 11.1 Å². The van der Waals surface area contributed by atoms with Gasteiger partial charge in [-0.15, -0.1) is 0 Å². The van der Waals surface area contributed by atoms with Gasteiger partial charge in [-0.3, -0.25) is 0 Å². The molecule has 0 amide bonds. The Morgan fingerprint density at radius 2 is 1.83 bits per heavy atom. The highest BCUT2D eigenvalue weighted by Gasteiger charge is 2.44. The number of rotatable bonds is 8. The Balaban J connectivity index is 1.30. The van der Waals surface area contributed by atoms with Gasteiger partial charge < -0.3 is 18.8 Å². The van der Waals surface area contributed by atoms with E-state index in [0.717, 1.165) is 28.2 Å². The lowest BCUT2D eigenvalue weighted by Gasteiger charge is -2.30. The van der Waals surface area contributed by atoms with Crippen LogP contribution in [0.25, 0.3) is 11.1 Å². The van der Waals surface area contributed by atoms with Gasteiger partial charge in [0, 0.05) is 12.3 Å². The van der Waals surface area contributed by atoms with E-state index in [-0.39, 0.29) is 11.7 Å². The second-order valence-corrected chi connectivity index (χ2v) is 8.73. The van der Waals surface area contributed by atoms with E-state index in [1.807, 2.05) is 55.5 Å². The van der Waals surface area contributed by atoms with Crippen molar-refractivity contribution in [2.45, 2.75) is 18.9 Å². The molecular formula is C24H26O5S. The molecule has 3 unspecified atom stereocenters. The largest absolute Gasteiger partial charge is 0.494 e. The standard InChI is InChI=1S/C24H26O5S/c1-24-15-22(10-11-23(24)20(16-29-24)17-30(25)26)28-13-12-27-21-9-5-8-19(14-21)18-6-3-2-4-7-18/h2-11,14,20H,12-13,15-17H2,1H3,(H,25,26). The number of hydrogen-bond acceptors (Lipinski definition) is 4. The molecule has 0 radical (unpaired) electrons. The molecule has 2 aromatic rings. The summed E-state index contributed by atoms with van der Waals surface area (Å²) in [5.74, 6) is 1.85. The average molecular weight is 427 g/mol. The van der Waals surface area contributed by atoms with Gasteiger partial charge in [-0.05, 0) is 41.8 Å². The van der Waals surface area contributed by atoms with Crippen LogP contribution in [-0.4, -0.2) is 39.9 Å². The Morgan fingerprint density at radius 1 is 1.07 bits per heavy atom. The highest BCUT2D eigenvalue weighted by molar-refractivity contribution is 7.79. The molecule has 0 spiro atoms. The van der Waals surface area contributed by atoms with E-state index in [2.05, 4.69) is 18.2 Å². The van der Waals surface area contributed by atoms with E-state index in [0.29, 0.717) is 26.2 Å². The molecule has 1 aliphatic heterocycles. The molecule has 2 aromatic carbocycles. The van der Waals surface area contributed by atoms with Crippen LogP contribution in [0.1, 0.15) is 13.3 Å². The van der Waals surface area contributed by atoms with Crippen molar-refractivity contribution in [3.63, 3.8) is 0 Å². The van der Waals surface area contributed by atoms with E-state index in [1.165, 1.54) is 0 Å². The molecule has 0 aromatic heterocycles. The van der Waals surface area contributed by atoms with Crippen molar-refractivity contribution in [3.05, 3.63) is 78.1 Å². The van der Waals surface area contributed by atoms with Crippen LogP contribution in [0.4, 0.5) is 0 Å². The summed E-state index contributed by atoms with van der Waals surface area (Å²) in [6.07, 6.45) is 4.54. The average Bonchev–Trinajstić information content (AvgIpc) is 3.07. The fourth-order valence-electron chi connectivity index (χ4n) is 4.07. The third kappa shape index (κ3) is 4.83. The second-order valence-electron chi connectivity index (χ2n) is 7.75. The summed E-state index contributed by atoms with van der Waals surface area (Å²) in [5.41, 5.74) is 2.89. The van der Waals surface area contributed by atoms with Gasteiger partial charge in [-0.25, -0.2) is 4.21 Å². The van der Waals surface area contributed by atoms with Gasteiger partial charge in [-0.1, -0.05) is 48.5 Å². The van der Waals surface area contributed by atoms with Crippen LogP contribution in [0, 0.1) is 5.92 Å². The summed E-state index contributed by atoms with van der Waals surface area (Å²) in [7, 11) is 0. The van der Waals surface area contributed by atoms with E-state index < -0.39 is 16.7 Å². The number of allylic oxidation sites excluding steroid dienone is 2. The minimum atomic E-state index is -1.83. The molecule has 1 fully saturated rings. The summed E-state index contributed by atoms with van der Waals surface area (Å²) in [6.45, 7) is 3.36. The molecule has 0 bridgehead atoms. The Labute approximate surface area is 179 Å². The number of fused-ring (bicyclic) bond motifs is 1.